The molecule has 0 saturated heterocycles. The molecule has 0 radical (unpaired) electrons. The first-order valence-corrected chi connectivity index (χ1v) is 7.00. The Morgan fingerprint density at radius 3 is 2.67 bits per heavy atom. The van der Waals surface area contributed by atoms with Crippen molar-refractivity contribution in [2.75, 3.05) is 0 Å². The zero-order valence-electron chi connectivity index (χ0n) is 10.2. The lowest BCUT2D eigenvalue weighted by atomic mass is 9.99. The molecule has 3 heteroatoms. The largest absolute Gasteiger partial charge is 0.324 e. The van der Waals surface area contributed by atoms with Crippen LogP contribution in [0.25, 0.3) is 0 Å². The Bertz CT molecular complexity index is 554. The van der Waals surface area contributed by atoms with E-state index in [1.807, 2.05) is 18.2 Å². The molecule has 0 bridgehead atoms. The van der Waals surface area contributed by atoms with E-state index < -0.39 is 0 Å². The minimum Gasteiger partial charge on any atom is -0.324 e. The number of nitrogens with two attached hydrogens (primary N) is 1. The third-order valence-electron chi connectivity index (χ3n) is 2.92. The Morgan fingerprint density at radius 2 is 1.94 bits per heavy atom. The monoisotopic (exact) mass is 323 g/mol. The maximum Gasteiger partial charge on any atom is 0.0595 e. The fourth-order valence-electron chi connectivity index (χ4n) is 2.01. The summed E-state index contributed by atoms with van der Waals surface area (Å²) in [5.74, 6) is 0. The SMILES string of the molecule is Cc1cccc(CC(N)c2cccc(Br)c2Cl)c1. The van der Waals surface area contributed by atoms with Gasteiger partial charge in [0.25, 0.3) is 0 Å². The van der Waals surface area contributed by atoms with E-state index in [4.69, 9.17) is 17.3 Å². The Hall–Kier alpha value is -0.830. The van der Waals surface area contributed by atoms with Crippen LogP contribution < -0.4 is 5.73 Å². The minimum absolute atomic E-state index is 0.0863. The summed E-state index contributed by atoms with van der Waals surface area (Å²) in [7, 11) is 0. The number of hydrogen-bond acceptors (Lipinski definition) is 1. The number of aryl methyl sites for hydroxylation is 1. The van der Waals surface area contributed by atoms with E-state index >= 15 is 0 Å². The molecule has 0 amide bonds. The Kier molecular flexibility index (Phi) is 4.44. The van der Waals surface area contributed by atoms with Crippen LogP contribution in [0.4, 0.5) is 0 Å². The van der Waals surface area contributed by atoms with Crippen molar-refractivity contribution in [1.82, 2.24) is 0 Å². The van der Waals surface area contributed by atoms with Gasteiger partial charge in [0.05, 0.1) is 5.02 Å². The van der Waals surface area contributed by atoms with Crippen LogP contribution in [0.1, 0.15) is 22.7 Å². The average Bonchev–Trinajstić information content (AvgIpc) is 2.32. The first-order valence-electron chi connectivity index (χ1n) is 5.83. The Morgan fingerprint density at radius 1 is 1.22 bits per heavy atom. The second-order valence-corrected chi connectivity index (χ2v) is 5.68. The number of benzene rings is 2. The van der Waals surface area contributed by atoms with Gasteiger partial charge in [0.2, 0.25) is 0 Å². The predicted octanol–water partition coefficient (Wildman–Crippen LogP) is 4.65. The third kappa shape index (κ3) is 3.14. The van der Waals surface area contributed by atoms with Crippen molar-refractivity contribution in [2.45, 2.75) is 19.4 Å². The van der Waals surface area contributed by atoms with Gasteiger partial charge in [-0.25, -0.2) is 0 Å². The van der Waals surface area contributed by atoms with Crippen LogP contribution in [-0.2, 0) is 6.42 Å². The predicted molar refractivity (Wildman–Crippen MR) is 81.0 cm³/mol. The molecule has 0 spiro atoms. The topological polar surface area (TPSA) is 26.0 Å². The molecule has 1 unspecified atom stereocenters. The normalized spacial score (nSPS) is 12.4. The molecule has 2 rings (SSSR count). The summed E-state index contributed by atoms with van der Waals surface area (Å²) in [6.45, 7) is 2.08. The number of rotatable bonds is 3. The van der Waals surface area contributed by atoms with E-state index in [9.17, 15) is 0 Å². The van der Waals surface area contributed by atoms with Crippen molar-refractivity contribution in [3.63, 3.8) is 0 Å². The van der Waals surface area contributed by atoms with Crippen LogP contribution in [0.5, 0.6) is 0 Å². The second-order valence-electron chi connectivity index (χ2n) is 4.44. The highest BCUT2D eigenvalue weighted by atomic mass is 79.9. The van der Waals surface area contributed by atoms with Crippen molar-refractivity contribution in [3.8, 4) is 0 Å². The summed E-state index contributed by atoms with van der Waals surface area (Å²) in [6, 6.07) is 14.2. The molecule has 1 atom stereocenters. The minimum atomic E-state index is -0.0863. The molecule has 0 fully saturated rings. The lowest BCUT2D eigenvalue weighted by molar-refractivity contribution is 0.721. The van der Waals surface area contributed by atoms with E-state index in [0.29, 0.717) is 5.02 Å². The van der Waals surface area contributed by atoms with Gasteiger partial charge < -0.3 is 5.73 Å². The molecule has 2 aromatic rings. The fraction of sp³-hybridized carbons (Fsp3) is 0.200. The molecule has 2 N–H and O–H groups in total. The number of halogens is 2. The van der Waals surface area contributed by atoms with E-state index in [1.165, 1.54) is 11.1 Å². The molecule has 18 heavy (non-hydrogen) atoms. The number of hydrogen-bond donors (Lipinski definition) is 1. The summed E-state index contributed by atoms with van der Waals surface area (Å²) in [6.07, 6.45) is 0.790. The van der Waals surface area contributed by atoms with Gasteiger partial charge in [0.15, 0.2) is 0 Å². The van der Waals surface area contributed by atoms with Gasteiger partial charge in [0.1, 0.15) is 0 Å². The highest BCUT2D eigenvalue weighted by Crippen LogP contribution is 2.30. The van der Waals surface area contributed by atoms with E-state index in [0.717, 1.165) is 16.5 Å². The summed E-state index contributed by atoms with van der Waals surface area (Å²) in [5, 5.41) is 0.706. The highest BCUT2D eigenvalue weighted by molar-refractivity contribution is 9.10. The van der Waals surface area contributed by atoms with Crippen LogP contribution in [0.15, 0.2) is 46.9 Å². The molecular weight excluding hydrogens is 310 g/mol. The van der Waals surface area contributed by atoms with Crippen molar-refractivity contribution in [2.24, 2.45) is 5.73 Å². The van der Waals surface area contributed by atoms with E-state index in [-0.39, 0.29) is 6.04 Å². The van der Waals surface area contributed by atoms with Crippen LogP contribution in [0.2, 0.25) is 5.02 Å². The first-order chi connectivity index (χ1) is 8.58. The highest BCUT2D eigenvalue weighted by Gasteiger charge is 2.12. The average molecular weight is 325 g/mol. The molecule has 0 aliphatic heterocycles. The standard InChI is InChI=1S/C15H15BrClN/c1-10-4-2-5-11(8-10)9-14(18)12-6-3-7-13(16)15(12)17/h2-8,14H,9,18H2,1H3. The molecular formula is C15H15BrClN. The molecule has 2 aromatic carbocycles. The van der Waals surface area contributed by atoms with Gasteiger partial charge in [-0.3, -0.25) is 0 Å². The lowest BCUT2D eigenvalue weighted by Gasteiger charge is -2.15. The van der Waals surface area contributed by atoms with Crippen molar-refractivity contribution in [3.05, 3.63) is 68.7 Å². The molecule has 94 valence electrons. The second kappa shape index (κ2) is 5.87. The van der Waals surface area contributed by atoms with Gasteiger partial charge >= 0.3 is 0 Å². The van der Waals surface area contributed by atoms with Crippen molar-refractivity contribution < 1.29 is 0 Å². The third-order valence-corrected chi connectivity index (χ3v) is 4.23. The fourth-order valence-corrected chi connectivity index (χ4v) is 2.66. The zero-order chi connectivity index (χ0) is 13.1. The first kappa shape index (κ1) is 13.6. The Balaban J connectivity index is 2.22. The van der Waals surface area contributed by atoms with E-state index in [1.54, 1.807) is 0 Å². The van der Waals surface area contributed by atoms with Crippen molar-refractivity contribution >= 4 is 27.5 Å². The van der Waals surface area contributed by atoms with Gasteiger partial charge in [-0.1, -0.05) is 53.6 Å². The van der Waals surface area contributed by atoms with Crippen LogP contribution in [0, 0.1) is 6.92 Å². The molecule has 0 aromatic heterocycles. The van der Waals surface area contributed by atoms with Gasteiger partial charge in [-0.05, 0) is 46.5 Å². The van der Waals surface area contributed by atoms with Crippen LogP contribution in [0.3, 0.4) is 0 Å². The Labute approximate surface area is 121 Å². The summed E-state index contributed by atoms with van der Waals surface area (Å²) in [5.41, 5.74) is 9.71. The maximum absolute atomic E-state index is 6.26. The molecule has 0 heterocycles. The van der Waals surface area contributed by atoms with Crippen LogP contribution in [-0.4, -0.2) is 0 Å². The summed E-state index contributed by atoms with van der Waals surface area (Å²) >= 11 is 9.68. The maximum atomic E-state index is 6.26. The van der Waals surface area contributed by atoms with Crippen molar-refractivity contribution in [1.29, 1.82) is 0 Å². The van der Waals surface area contributed by atoms with E-state index in [2.05, 4.69) is 47.1 Å². The molecule has 1 nitrogen and oxygen atoms in total. The zero-order valence-corrected chi connectivity index (χ0v) is 12.5. The molecule has 0 aliphatic rings. The van der Waals surface area contributed by atoms with Gasteiger partial charge in [-0.2, -0.15) is 0 Å². The molecule has 0 aliphatic carbocycles. The van der Waals surface area contributed by atoms with Crippen LogP contribution >= 0.6 is 27.5 Å². The van der Waals surface area contributed by atoms with Gasteiger partial charge in [0, 0.05) is 10.5 Å². The quantitative estimate of drug-likeness (QED) is 0.873. The summed E-state index contributed by atoms with van der Waals surface area (Å²) in [4.78, 5) is 0. The van der Waals surface area contributed by atoms with Gasteiger partial charge in [-0.15, -0.1) is 0 Å². The summed E-state index contributed by atoms with van der Waals surface area (Å²) < 4.78 is 0.890. The lowest BCUT2D eigenvalue weighted by Crippen LogP contribution is -2.14. The smallest absolute Gasteiger partial charge is 0.0595 e. The molecule has 0 saturated carbocycles.